The highest BCUT2D eigenvalue weighted by Gasteiger charge is 2.38. The molecule has 130 valence electrons. The average Bonchev–Trinajstić information content (AvgIpc) is 3.28. The van der Waals surface area contributed by atoms with Crippen molar-refractivity contribution in [3.63, 3.8) is 0 Å². The molecule has 0 radical (unpaired) electrons. The molecule has 24 heavy (non-hydrogen) atoms. The number of carbonyl (C=O) groups excluding carboxylic acids is 1. The second-order valence-electron chi connectivity index (χ2n) is 6.66. The molecule has 1 aromatic carbocycles. The van der Waals surface area contributed by atoms with Crippen LogP contribution in [-0.4, -0.2) is 47.1 Å². The maximum atomic E-state index is 13.9. The van der Waals surface area contributed by atoms with Gasteiger partial charge in [0.15, 0.2) is 5.82 Å². The molecule has 0 atom stereocenters. The summed E-state index contributed by atoms with van der Waals surface area (Å²) in [5.41, 5.74) is -0.0636. The van der Waals surface area contributed by atoms with Crippen molar-refractivity contribution in [2.75, 3.05) is 13.1 Å². The van der Waals surface area contributed by atoms with Crippen molar-refractivity contribution in [2.45, 2.75) is 37.8 Å². The monoisotopic (exact) mass is 354 g/mol. The van der Waals surface area contributed by atoms with Crippen LogP contribution in [0.5, 0.6) is 0 Å². The maximum Gasteiger partial charge on any atom is 0.317 e. The lowest BCUT2D eigenvalue weighted by Gasteiger charge is -2.42. The number of carbonyl (C=O) groups is 2. The number of nitrogens with one attached hydrogen (secondary N) is 1. The Morgan fingerprint density at radius 1 is 1.33 bits per heavy atom. The highest BCUT2D eigenvalue weighted by molar-refractivity contribution is 6.31. The van der Waals surface area contributed by atoms with E-state index in [-0.39, 0.29) is 29.2 Å². The van der Waals surface area contributed by atoms with Gasteiger partial charge < -0.3 is 10.4 Å². The average molecular weight is 355 g/mol. The van der Waals surface area contributed by atoms with E-state index in [1.165, 1.54) is 18.2 Å². The topological polar surface area (TPSA) is 69.6 Å². The Morgan fingerprint density at radius 2 is 2.04 bits per heavy atom. The fraction of sp³-hybridized carbons (Fsp3) is 0.529. The van der Waals surface area contributed by atoms with Crippen LogP contribution in [0.15, 0.2) is 18.2 Å². The van der Waals surface area contributed by atoms with Crippen LogP contribution in [0.3, 0.4) is 0 Å². The van der Waals surface area contributed by atoms with Gasteiger partial charge in [-0.15, -0.1) is 0 Å². The molecule has 0 aliphatic heterocycles. The molecule has 1 aromatic rings. The Labute approximate surface area is 144 Å². The van der Waals surface area contributed by atoms with Gasteiger partial charge in [-0.25, -0.2) is 4.39 Å². The first-order chi connectivity index (χ1) is 11.4. The molecule has 0 bridgehead atoms. The van der Waals surface area contributed by atoms with E-state index in [9.17, 15) is 14.0 Å². The van der Waals surface area contributed by atoms with Gasteiger partial charge in [0.2, 0.25) is 0 Å². The summed E-state index contributed by atoms with van der Waals surface area (Å²) in [5, 5.41) is 11.8. The van der Waals surface area contributed by atoms with Crippen molar-refractivity contribution in [2.24, 2.45) is 5.92 Å². The Morgan fingerprint density at radius 3 is 2.67 bits per heavy atom. The third-order valence-electron chi connectivity index (χ3n) is 4.69. The molecule has 2 fully saturated rings. The normalized spacial score (nSPS) is 23.0. The standard InChI is InChI=1S/C17H20ClFN2O3/c18-14-3-1-2-13(16(14)19)17(24)20-11-6-12(7-11)21(9-15(22)23)8-10-4-5-10/h1-3,10-12H,4-9H2,(H,20,24)(H,22,23). The molecule has 0 spiro atoms. The highest BCUT2D eigenvalue weighted by Crippen LogP contribution is 2.34. The van der Waals surface area contributed by atoms with Gasteiger partial charge in [0.05, 0.1) is 17.1 Å². The molecule has 5 nitrogen and oxygen atoms in total. The Hall–Kier alpha value is -1.66. The van der Waals surface area contributed by atoms with E-state index in [0.29, 0.717) is 18.8 Å². The van der Waals surface area contributed by atoms with Gasteiger partial charge in [-0.05, 0) is 43.7 Å². The highest BCUT2D eigenvalue weighted by atomic mass is 35.5. The third kappa shape index (κ3) is 4.05. The number of nitrogens with zero attached hydrogens (tertiary/aromatic N) is 1. The Balaban J connectivity index is 1.52. The van der Waals surface area contributed by atoms with Gasteiger partial charge in [0, 0.05) is 18.6 Å². The summed E-state index contributed by atoms with van der Waals surface area (Å²) >= 11 is 5.69. The van der Waals surface area contributed by atoms with Gasteiger partial charge in [0.1, 0.15) is 0 Å². The van der Waals surface area contributed by atoms with Crippen LogP contribution in [0, 0.1) is 11.7 Å². The molecule has 2 aliphatic carbocycles. The van der Waals surface area contributed by atoms with Crippen LogP contribution < -0.4 is 5.32 Å². The summed E-state index contributed by atoms with van der Waals surface area (Å²) in [6.45, 7) is 0.839. The lowest BCUT2D eigenvalue weighted by molar-refractivity contribution is -0.139. The zero-order valence-electron chi connectivity index (χ0n) is 13.2. The van der Waals surface area contributed by atoms with Gasteiger partial charge in [0.25, 0.3) is 5.91 Å². The first-order valence-corrected chi connectivity index (χ1v) is 8.52. The van der Waals surface area contributed by atoms with E-state index in [4.69, 9.17) is 16.7 Å². The van der Waals surface area contributed by atoms with E-state index in [1.807, 2.05) is 4.90 Å². The number of carboxylic acid groups (broad SMARTS) is 1. The number of hydrogen-bond donors (Lipinski definition) is 2. The number of hydrogen-bond acceptors (Lipinski definition) is 3. The minimum absolute atomic E-state index is 0.0325. The molecule has 0 heterocycles. The smallest absolute Gasteiger partial charge is 0.317 e. The molecule has 1 amide bonds. The molecule has 2 N–H and O–H groups in total. The number of carboxylic acids is 1. The zero-order valence-corrected chi connectivity index (χ0v) is 13.9. The number of halogens is 2. The van der Waals surface area contributed by atoms with E-state index in [1.54, 1.807) is 0 Å². The lowest BCUT2D eigenvalue weighted by Crippen LogP contribution is -2.55. The van der Waals surface area contributed by atoms with Gasteiger partial charge in [-0.3, -0.25) is 14.5 Å². The van der Waals surface area contributed by atoms with Crippen LogP contribution in [0.1, 0.15) is 36.0 Å². The van der Waals surface area contributed by atoms with Gasteiger partial charge in [-0.1, -0.05) is 17.7 Å². The van der Waals surface area contributed by atoms with Crippen LogP contribution in [0.25, 0.3) is 0 Å². The summed E-state index contributed by atoms with van der Waals surface area (Å²) in [6.07, 6.45) is 3.70. The minimum Gasteiger partial charge on any atom is -0.480 e. The van der Waals surface area contributed by atoms with Gasteiger partial charge in [-0.2, -0.15) is 0 Å². The van der Waals surface area contributed by atoms with E-state index in [0.717, 1.165) is 19.4 Å². The number of aliphatic carboxylic acids is 1. The summed E-state index contributed by atoms with van der Waals surface area (Å²) in [7, 11) is 0. The van der Waals surface area contributed by atoms with Crippen molar-refractivity contribution in [3.05, 3.63) is 34.6 Å². The molecular weight excluding hydrogens is 335 g/mol. The molecule has 7 heteroatoms. The number of amides is 1. The second kappa shape index (κ2) is 7.07. The van der Waals surface area contributed by atoms with Crippen molar-refractivity contribution in [1.29, 1.82) is 0 Å². The Kier molecular flexibility index (Phi) is 5.06. The number of benzene rings is 1. The molecule has 2 aliphatic rings. The maximum absolute atomic E-state index is 13.9. The van der Waals surface area contributed by atoms with Crippen molar-refractivity contribution >= 4 is 23.5 Å². The largest absolute Gasteiger partial charge is 0.480 e. The van der Waals surface area contributed by atoms with Crippen LogP contribution >= 0.6 is 11.6 Å². The first-order valence-electron chi connectivity index (χ1n) is 8.14. The van der Waals surface area contributed by atoms with Crippen molar-refractivity contribution < 1.29 is 19.1 Å². The second-order valence-corrected chi connectivity index (χ2v) is 7.07. The van der Waals surface area contributed by atoms with Crippen molar-refractivity contribution in [3.8, 4) is 0 Å². The summed E-state index contributed by atoms with van der Waals surface area (Å²) < 4.78 is 13.9. The molecule has 0 saturated heterocycles. The fourth-order valence-corrected chi connectivity index (χ4v) is 3.27. The van der Waals surface area contributed by atoms with Crippen LogP contribution in [0.2, 0.25) is 5.02 Å². The third-order valence-corrected chi connectivity index (χ3v) is 4.98. The van der Waals surface area contributed by atoms with Crippen molar-refractivity contribution in [1.82, 2.24) is 10.2 Å². The predicted octanol–water partition coefficient (Wildman–Crippen LogP) is 2.54. The molecule has 3 rings (SSSR count). The predicted molar refractivity (Wildman–Crippen MR) is 87.6 cm³/mol. The molecule has 2 saturated carbocycles. The van der Waals surface area contributed by atoms with E-state index < -0.39 is 17.7 Å². The quantitative estimate of drug-likeness (QED) is 0.789. The molecular formula is C17H20ClFN2O3. The van der Waals surface area contributed by atoms with E-state index >= 15 is 0 Å². The van der Waals surface area contributed by atoms with Crippen LogP contribution in [-0.2, 0) is 4.79 Å². The number of rotatable bonds is 7. The molecule has 0 unspecified atom stereocenters. The van der Waals surface area contributed by atoms with Gasteiger partial charge >= 0.3 is 5.97 Å². The zero-order chi connectivity index (χ0) is 17.3. The molecule has 0 aromatic heterocycles. The fourth-order valence-electron chi connectivity index (χ4n) is 3.09. The van der Waals surface area contributed by atoms with Crippen LogP contribution in [0.4, 0.5) is 4.39 Å². The summed E-state index contributed by atoms with van der Waals surface area (Å²) in [4.78, 5) is 25.1. The SMILES string of the molecule is O=C(O)CN(CC1CC1)C1CC(NC(=O)c2cccc(Cl)c2F)C1. The summed E-state index contributed by atoms with van der Waals surface area (Å²) in [5.74, 6) is -1.41. The minimum atomic E-state index is -0.830. The lowest BCUT2D eigenvalue weighted by atomic mass is 9.85. The Bertz CT molecular complexity index is 645. The summed E-state index contributed by atoms with van der Waals surface area (Å²) in [6, 6.07) is 4.44. The van der Waals surface area contributed by atoms with E-state index in [2.05, 4.69) is 5.32 Å². The first kappa shape index (κ1) is 17.2.